The van der Waals surface area contributed by atoms with Gasteiger partial charge in [0.25, 0.3) is 0 Å². The lowest BCUT2D eigenvalue weighted by molar-refractivity contribution is 0.621. The first-order valence-electron chi connectivity index (χ1n) is 3.18. The quantitative estimate of drug-likeness (QED) is 0.542. The van der Waals surface area contributed by atoms with Crippen molar-refractivity contribution in [3.8, 4) is 0 Å². The molecule has 0 spiro atoms. The van der Waals surface area contributed by atoms with Crippen molar-refractivity contribution in [2.24, 2.45) is 0 Å². The van der Waals surface area contributed by atoms with Crippen LogP contribution in [0.5, 0.6) is 0 Å². The van der Waals surface area contributed by atoms with Crippen LogP contribution in [0.25, 0.3) is 0 Å². The predicted molar refractivity (Wildman–Crippen MR) is 53.4 cm³/mol. The highest BCUT2D eigenvalue weighted by molar-refractivity contribution is 7.81. The highest BCUT2D eigenvalue weighted by atomic mass is 32.1. The second kappa shape index (κ2) is 3.51. The van der Waals surface area contributed by atoms with Gasteiger partial charge >= 0.3 is 0 Å². The summed E-state index contributed by atoms with van der Waals surface area (Å²) in [5.74, 6) is 0. The Labute approximate surface area is 80.7 Å². The van der Waals surface area contributed by atoms with E-state index >= 15 is 0 Å². The largest absolute Gasteiger partial charge is 0.304 e. The number of nitrogens with zero attached hydrogens (tertiary/aromatic N) is 1. The highest BCUT2D eigenvalue weighted by Gasteiger charge is 1.93. The molecule has 0 aromatic carbocycles. The Balaban J connectivity index is 3.51. The molecule has 11 heavy (non-hydrogen) atoms. The summed E-state index contributed by atoms with van der Waals surface area (Å²) in [5, 5.41) is 2.96. The van der Waals surface area contributed by atoms with Gasteiger partial charge in [-0.05, 0) is 6.92 Å². The normalized spacial score (nSPS) is 10.0. The Morgan fingerprint density at radius 2 is 2.27 bits per heavy atom. The first kappa shape index (κ1) is 8.96. The van der Waals surface area contributed by atoms with Crippen LogP contribution in [0, 0.1) is 9.15 Å². The molecule has 0 saturated carbocycles. The smallest absolute Gasteiger partial charge is 0.139 e. The lowest BCUT2D eigenvalue weighted by atomic mass is 10.5. The molecule has 0 bridgehead atoms. The zero-order valence-electron chi connectivity index (χ0n) is 6.00. The SMILES string of the molecule is CCn1[nH]cc(S)c(=S)c1=S. The molecule has 0 radical (unpaired) electrons. The number of aromatic amines is 1. The molecule has 1 N–H and O–H groups in total. The number of thiol groups is 1. The second-order valence-electron chi connectivity index (χ2n) is 2.04. The van der Waals surface area contributed by atoms with Gasteiger partial charge in [-0.2, -0.15) is 0 Å². The molecule has 0 saturated heterocycles. The van der Waals surface area contributed by atoms with Crippen LogP contribution in [0.4, 0.5) is 0 Å². The molecule has 0 aliphatic rings. The van der Waals surface area contributed by atoms with Gasteiger partial charge in [-0.3, -0.25) is 4.68 Å². The molecule has 60 valence electrons. The van der Waals surface area contributed by atoms with Gasteiger partial charge < -0.3 is 5.10 Å². The number of aryl methyl sites for hydroxylation is 1. The van der Waals surface area contributed by atoms with E-state index in [-0.39, 0.29) is 0 Å². The van der Waals surface area contributed by atoms with Crippen LogP contribution in [0.3, 0.4) is 0 Å². The fourth-order valence-corrected chi connectivity index (χ4v) is 1.43. The van der Waals surface area contributed by atoms with Crippen molar-refractivity contribution in [3.05, 3.63) is 15.3 Å². The number of H-pyrrole nitrogens is 1. The van der Waals surface area contributed by atoms with Crippen molar-refractivity contribution in [1.29, 1.82) is 0 Å². The Hall–Kier alpha value is -0.130. The van der Waals surface area contributed by atoms with Crippen LogP contribution < -0.4 is 0 Å². The Morgan fingerprint density at radius 3 is 2.82 bits per heavy atom. The summed E-state index contributed by atoms with van der Waals surface area (Å²) in [6.45, 7) is 2.80. The third kappa shape index (κ3) is 1.72. The maximum Gasteiger partial charge on any atom is 0.139 e. The van der Waals surface area contributed by atoms with Crippen LogP contribution in [0.2, 0.25) is 0 Å². The summed E-state index contributed by atoms with van der Waals surface area (Å²) in [5.41, 5.74) is 0. The molecule has 2 nitrogen and oxygen atoms in total. The highest BCUT2D eigenvalue weighted by Crippen LogP contribution is 2.06. The topological polar surface area (TPSA) is 20.7 Å². The van der Waals surface area contributed by atoms with Gasteiger partial charge in [-0.1, -0.05) is 24.4 Å². The van der Waals surface area contributed by atoms with Crippen LogP contribution in [-0.2, 0) is 6.54 Å². The van der Waals surface area contributed by atoms with Crippen molar-refractivity contribution in [2.45, 2.75) is 18.4 Å². The average Bonchev–Trinajstić information content (AvgIpc) is 2.01. The fraction of sp³-hybridized carbons (Fsp3) is 0.333. The molecule has 0 aliphatic heterocycles. The predicted octanol–water partition coefficient (Wildman–Crippen LogP) is 2.58. The standard InChI is InChI=1S/C6H8N2S3/c1-2-8-6(11)5(10)4(9)3-7-8/h3,7,9H,2H2,1H3. The van der Waals surface area contributed by atoms with Gasteiger partial charge in [-0.15, -0.1) is 12.6 Å². The Bertz CT molecular complexity index is 363. The van der Waals surface area contributed by atoms with Gasteiger partial charge in [0.2, 0.25) is 0 Å². The summed E-state index contributed by atoms with van der Waals surface area (Å²) in [7, 11) is 0. The molecule has 1 aromatic heterocycles. The van der Waals surface area contributed by atoms with E-state index in [2.05, 4.69) is 17.7 Å². The van der Waals surface area contributed by atoms with Gasteiger partial charge in [0.05, 0.1) is 4.51 Å². The van der Waals surface area contributed by atoms with Crippen LogP contribution in [-0.4, -0.2) is 9.78 Å². The van der Waals surface area contributed by atoms with Gasteiger partial charge in [0.1, 0.15) is 4.64 Å². The number of hydrogen-bond donors (Lipinski definition) is 2. The van der Waals surface area contributed by atoms with E-state index < -0.39 is 0 Å². The molecule has 5 heteroatoms. The van der Waals surface area contributed by atoms with Crippen molar-refractivity contribution >= 4 is 37.1 Å². The molecule has 1 heterocycles. The molecular weight excluding hydrogens is 196 g/mol. The minimum absolute atomic E-state index is 0.643. The van der Waals surface area contributed by atoms with Crippen molar-refractivity contribution < 1.29 is 0 Å². The summed E-state index contributed by atoms with van der Waals surface area (Å²) in [6, 6.07) is 0. The zero-order valence-corrected chi connectivity index (χ0v) is 8.52. The number of nitrogens with one attached hydrogen (secondary N) is 1. The molecule has 1 rings (SSSR count). The maximum absolute atomic E-state index is 5.06. The molecular formula is C6H8N2S3. The third-order valence-corrected chi connectivity index (χ3v) is 2.82. The van der Waals surface area contributed by atoms with Gasteiger partial charge in [-0.25, -0.2) is 0 Å². The minimum atomic E-state index is 0.643. The second-order valence-corrected chi connectivity index (χ2v) is 3.31. The van der Waals surface area contributed by atoms with Crippen LogP contribution >= 0.6 is 37.1 Å². The first-order chi connectivity index (χ1) is 5.16. The molecule has 0 fully saturated rings. The fourth-order valence-electron chi connectivity index (χ4n) is 0.730. The lowest BCUT2D eigenvalue weighted by Crippen LogP contribution is -2.02. The van der Waals surface area contributed by atoms with Gasteiger partial charge in [0, 0.05) is 17.6 Å². The summed E-state index contributed by atoms with van der Waals surface area (Å²) < 4.78 is 3.09. The summed E-state index contributed by atoms with van der Waals surface area (Å²) in [4.78, 5) is 0.731. The van der Waals surface area contributed by atoms with E-state index in [9.17, 15) is 0 Å². The lowest BCUT2D eigenvalue weighted by Gasteiger charge is -2.03. The number of hydrogen-bond acceptors (Lipinski definition) is 3. The zero-order chi connectivity index (χ0) is 8.43. The average molecular weight is 204 g/mol. The van der Waals surface area contributed by atoms with E-state index in [1.54, 1.807) is 10.9 Å². The third-order valence-electron chi connectivity index (χ3n) is 1.35. The van der Waals surface area contributed by atoms with E-state index in [1.807, 2.05) is 6.92 Å². The Kier molecular flexibility index (Phi) is 2.86. The van der Waals surface area contributed by atoms with Gasteiger partial charge in [0.15, 0.2) is 0 Å². The van der Waals surface area contributed by atoms with E-state index in [0.29, 0.717) is 9.15 Å². The first-order valence-corrected chi connectivity index (χ1v) is 4.44. The Morgan fingerprint density at radius 1 is 1.64 bits per heavy atom. The molecule has 0 aliphatic carbocycles. The molecule has 1 aromatic rings. The summed E-state index contributed by atoms with van der Waals surface area (Å²) in [6.07, 6.45) is 1.74. The van der Waals surface area contributed by atoms with E-state index in [1.165, 1.54) is 0 Å². The molecule has 0 atom stereocenters. The molecule has 0 unspecified atom stereocenters. The van der Waals surface area contributed by atoms with Crippen LogP contribution in [0.1, 0.15) is 6.92 Å². The summed E-state index contributed by atoms with van der Waals surface area (Å²) >= 11 is 14.2. The minimum Gasteiger partial charge on any atom is -0.304 e. The monoisotopic (exact) mass is 204 g/mol. The van der Waals surface area contributed by atoms with Crippen molar-refractivity contribution in [3.63, 3.8) is 0 Å². The van der Waals surface area contributed by atoms with E-state index in [0.717, 1.165) is 11.4 Å². The maximum atomic E-state index is 5.06. The van der Waals surface area contributed by atoms with E-state index in [4.69, 9.17) is 24.4 Å². The number of aromatic nitrogens is 2. The van der Waals surface area contributed by atoms with Crippen LogP contribution in [0.15, 0.2) is 11.1 Å². The van der Waals surface area contributed by atoms with Crippen molar-refractivity contribution in [1.82, 2.24) is 9.78 Å². The molecule has 0 amide bonds. The number of rotatable bonds is 1. The van der Waals surface area contributed by atoms with Crippen molar-refractivity contribution in [2.75, 3.05) is 0 Å².